The zero-order valence-electron chi connectivity index (χ0n) is 13.5. The number of methoxy groups -OCH3 is 2. The summed E-state index contributed by atoms with van der Waals surface area (Å²) in [4.78, 5) is 0. The Hall–Kier alpha value is -2.53. The highest BCUT2D eigenvalue weighted by molar-refractivity contribution is 7.85. The molecule has 0 heterocycles. The highest BCUT2D eigenvalue weighted by Crippen LogP contribution is 2.25. The van der Waals surface area contributed by atoms with E-state index in [0.29, 0.717) is 17.1 Å². The molecule has 0 aliphatic carbocycles. The zero-order valence-corrected chi connectivity index (χ0v) is 14.3. The molecule has 2 rings (SSSR count). The molecule has 10 heteroatoms. The van der Waals surface area contributed by atoms with Crippen molar-refractivity contribution in [2.75, 3.05) is 19.4 Å². The Balaban J connectivity index is 2.04. The van der Waals surface area contributed by atoms with E-state index in [1.165, 1.54) is 38.5 Å². The van der Waals surface area contributed by atoms with Crippen molar-refractivity contribution in [1.29, 1.82) is 0 Å². The lowest BCUT2D eigenvalue weighted by Gasteiger charge is -2.21. The Morgan fingerprint density at radius 2 is 1.72 bits per heavy atom. The first-order chi connectivity index (χ1) is 11.8. The molecule has 0 spiro atoms. The van der Waals surface area contributed by atoms with Crippen LogP contribution in [-0.2, 0) is 16.8 Å². The smallest absolute Gasteiger partial charge is 0.382 e. The van der Waals surface area contributed by atoms with Gasteiger partial charge < -0.3 is 24.1 Å². The lowest BCUT2D eigenvalue weighted by molar-refractivity contribution is 0.296. The molecule has 0 saturated heterocycles. The molecule has 25 heavy (non-hydrogen) atoms. The highest BCUT2D eigenvalue weighted by Gasteiger charge is 2.14. The molecule has 0 amide bonds. The molecule has 0 aliphatic rings. The van der Waals surface area contributed by atoms with Gasteiger partial charge in [0, 0.05) is 18.2 Å². The van der Waals surface area contributed by atoms with Gasteiger partial charge in [0.2, 0.25) is 0 Å². The van der Waals surface area contributed by atoms with E-state index >= 15 is 0 Å². The minimum atomic E-state index is -4.10. The molecular formula is C15H17N2O7S-. The van der Waals surface area contributed by atoms with Gasteiger partial charge in [0.1, 0.15) is 17.2 Å². The summed E-state index contributed by atoms with van der Waals surface area (Å²) in [6.07, 6.45) is 0. The fraction of sp³-hybridized carbons (Fsp3) is 0.200. The fourth-order valence-electron chi connectivity index (χ4n) is 1.95. The number of nitrogens with one attached hydrogen (secondary N) is 1. The van der Waals surface area contributed by atoms with Crippen LogP contribution in [0.25, 0.3) is 0 Å². The summed E-state index contributed by atoms with van der Waals surface area (Å²) >= 11 is 0. The Kier molecular flexibility index (Phi) is 6.04. The van der Waals surface area contributed by atoms with Crippen LogP contribution in [0.5, 0.6) is 17.2 Å². The van der Waals surface area contributed by atoms with Gasteiger partial charge in [-0.05, 0) is 30.3 Å². The summed E-state index contributed by atoms with van der Waals surface area (Å²) in [5, 5.41) is 19.1. The average molecular weight is 369 g/mol. The maximum Gasteiger partial charge on any atom is 0.382 e. The van der Waals surface area contributed by atoms with Gasteiger partial charge in [0.05, 0.1) is 19.9 Å². The van der Waals surface area contributed by atoms with Crippen LogP contribution in [0, 0.1) is 5.21 Å². The number of benzene rings is 2. The van der Waals surface area contributed by atoms with Crippen LogP contribution in [-0.4, -0.2) is 27.8 Å². The van der Waals surface area contributed by atoms with Gasteiger partial charge in [0.25, 0.3) is 0 Å². The topological polar surface area (TPSA) is 120 Å². The molecule has 0 aromatic heterocycles. The van der Waals surface area contributed by atoms with Crippen molar-refractivity contribution >= 4 is 16.0 Å². The fourth-order valence-corrected chi connectivity index (χ4v) is 2.71. The second-order valence-corrected chi connectivity index (χ2v) is 6.17. The quantitative estimate of drug-likeness (QED) is 0.676. The molecule has 136 valence electrons. The van der Waals surface area contributed by atoms with E-state index in [1.807, 2.05) is 0 Å². The summed E-state index contributed by atoms with van der Waals surface area (Å²) in [6, 6.07) is 9.88. The van der Waals surface area contributed by atoms with Crippen molar-refractivity contribution in [3.63, 3.8) is 0 Å². The van der Waals surface area contributed by atoms with Gasteiger partial charge in [0.15, 0.2) is 0 Å². The molecule has 2 aromatic carbocycles. The molecule has 0 saturated carbocycles. The minimum Gasteiger partial charge on any atom is -0.733 e. The Morgan fingerprint density at radius 1 is 1.08 bits per heavy atom. The predicted molar refractivity (Wildman–Crippen MR) is 90.0 cm³/mol. The molecular weight excluding hydrogens is 352 g/mol. The number of hydrogen-bond donors (Lipinski definition) is 2. The second kappa shape index (κ2) is 8.03. The summed E-state index contributed by atoms with van der Waals surface area (Å²) in [7, 11) is -1.12. The van der Waals surface area contributed by atoms with E-state index in [1.54, 1.807) is 18.2 Å². The standard InChI is InChI=1S/C15H17N2O7S/c1-22-14-6-3-11(15(9-14)23-2)10-16-25(20,21)24-13-7-4-12(5-8-13)17(18)19/h3-9,16,18H,10H2,1-2H3/q-1. The minimum absolute atomic E-state index is 0.0141. The van der Waals surface area contributed by atoms with Crippen LogP contribution in [0.15, 0.2) is 42.5 Å². The molecule has 2 aromatic rings. The average Bonchev–Trinajstić information content (AvgIpc) is 2.60. The van der Waals surface area contributed by atoms with Crippen molar-refractivity contribution in [2.45, 2.75) is 6.54 Å². The van der Waals surface area contributed by atoms with Gasteiger partial charge in [-0.1, -0.05) is 6.07 Å². The van der Waals surface area contributed by atoms with Crippen LogP contribution in [0.3, 0.4) is 0 Å². The molecule has 0 unspecified atom stereocenters. The summed E-state index contributed by atoms with van der Waals surface area (Å²) in [6.45, 7) is -0.0570. The normalized spacial score (nSPS) is 11.0. The van der Waals surface area contributed by atoms with Crippen LogP contribution >= 0.6 is 0 Å². The van der Waals surface area contributed by atoms with E-state index in [0.717, 1.165) is 0 Å². The number of anilines is 1. The maximum atomic E-state index is 12.0. The Bertz CT molecular complexity index is 807. The highest BCUT2D eigenvalue weighted by atomic mass is 32.2. The molecule has 9 nitrogen and oxygen atoms in total. The summed E-state index contributed by atoms with van der Waals surface area (Å²) < 4.78 is 41.4. The first-order valence-electron chi connectivity index (χ1n) is 7.01. The van der Waals surface area contributed by atoms with Crippen molar-refractivity contribution in [3.8, 4) is 17.2 Å². The van der Waals surface area contributed by atoms with Gasteiger partial charge >= 0.3 is 10.3 Å². The van der Waals surface area contributed by atoms with Crippen molar-refractivity contribution in [2.24, 2.45) is 0 Å². The van der Waals surface area contributed by atoms with Crippen molar-refractivity contribution in [3.05, 3.63) is 53.2 Å². The van der Waals surface area contributed by atoms with Crippen molar-refractivity contribution < 1.29 is 27.3 Å². The monoisotopic (exact) mass is 369 g/mol. The third-order valence-electron chi connectivity index (χ3n) is 3.20. The van der Waals surface area contributed by atoms with E-state index in [4.69, 9.17) is 18.9 Å². The van der Waals surface area contributed by atoms with E-state index in [9.17, 15) is 13.6 Å². The molecule has 0 radical (unpaired) electrons. The molecule has 0 bridgehead atoms. The maximum absolute atomic E-state index is 12.0. The third kappa shape index (κ3) is 5.22. The molecule has 0 aliphatic heterocycles. The number of rotatable bonds is 8. The van der Waals surface area contributed by atoms with Crippen LogP contribution in [0.2, 0.25) is 0 Å². The van der Waals surface area contributed by atoms with E-state index < -0.39 is 10.3 Å². The SMILES string of the molecule is COc1ccc(CNS(=O)(=O)Oc2ccc(N([O-])O)cc2)c(OC)c1. The predicted octanol–water partition coefficient (Wildman–Crippen LogP) is 1.81. The van der Waals surface area contributed by atoms with E-state index in [-0.39, 0.29) is 23.2 Å². The second-order valence-electron chi connectivity index (χ2n) is 4.80. The van der Waals surface area contributed by atoms with Gasteiger partial charge in [-0.25, -0.2) is 0 Å². The van der Waals surface area contributed by atoms with Crippen LogP contribution in [0.1, 0.15) is 5.56 Å². The number of ether oxygens (including phenoxy) is 2. The Morgan fingerprint density at radius 3 is 2.28 bits per heavy atom. The zero-order chi connectivity index (χ0) is 18.4. The van der Waals surface area contributed by atoms with Crippen LogP contribution < -0.4 is 23.6 Å². The lowest BCUT2D eigenvalue weighted by atomic mass is 10.2. The first kappa shape index (κ1) is 18.8. The lowest BCUT2D eigenvalue weighted by Crippen LogP contribution is -2.28. The van der Waals surface area contributed by atoms with Crippen molar-refractivity contribution in [1.82, 2.24) is 4.72 Å². The van der Waals surface area contributed by atoms with Gasteiger partial charge in [-0.3, -0.25) is 5.21 Å². The third-order valence-corrected chi connectivity index (χ3v) is 4.11. The van der Waals surface area contributed by atoms with Gasteiger partial charge in [-0.2, -0.15) is 13.1 Å². The largest absolute Gasteiger partial charge is 0.733 e. The van der Waals surface area contributed by atoms with Gasteiger partial charge in [-0.15, -0.1) is 0 Å². The summed E-state index contributed by atoms with van der Waals surface area (Å²) in [5.41, 5.74) is 0.536. The molecule has 2 N–H and O–H groups in total. The number of nitrogens with zero attached hydrogens (tertiary/aromatic N) is 1. The van der Waals surface area contributed by atoms with E-state index in [2.05, 4.69) is 4.72 Å². The summed E-state index contributed by atoms with van der Waals surface area (Å²) in [5.74, 6) is 1.03. The molecule has 0 fully saturated rings. The first-order valence-corrected chi connectivity index (χ1v) is 8.41. The number of hydrogen-bond acceptors (Lipinski definition) is 8. The Labute approximate surface area is 145 Å². The van der Waals surface area contributed by atoms with Crippen LogP contribution in [0.4, 0.5) is 5.69 Å². The molecule has 0 atom stereocenters.